The summed E-state index contributed by atoms with van der Waals surface area (Å²) in [6.07, 6.45) is 5.14. The van der Waals surface area contributed by atoms with Gasteiger partial charge in [-0.1, -0.05) is 0 Å². The number of hydrogen-bond acceptors (Lipinski definition) is 7. The van der Waals surface area contributed by atoms with Gasteiger partial charge in [0.2, 0.25) is 5.91 Å². The number of carbonyl (C=O) groups is 2. The van der Waals surface area contributed by atoms with Gasteiger partial charge in [0.1, 0.15) is 11.1 Å². The van der Waals surface area contributed by atoms with Crippen LogP contribution in [-0.4, -0.2) is 68.1 Å². The average Bonchev–Trinajstić information content (AvgIpc) is 3.09. The number of piperidine rings is 1. The number of urea groups is 1. The van der Waals surface area contributed by atoms with Crippen LogP contribution in [0.1, 0.15) is 48.6 Å². The summed E-state index contributed by atoms with van der Waals surface area (Å²) in [5.74, 6) is -0.110. The third-order valence-corrected chi connectivity index (χ3v) is 7.91. The Morgan fingerprint density at radius 1 is 1.34 bits per heavy atom. The Balaban J connectivity index is 1.65. The molecule has 0 spiro atoms. The van der Waals surface area contributed by atoms with Gasteiger partial charge in [0.15, 0.2) is 0 Å². The van der Waals surface area contributed by atoms with Crippen LogP contribution in [0.3, 0.4) is 0 Å². The van der Waals surface area contributed by atoms with E-state index < -0.39 is 0 Å². The fourth-order valence-corrected chi connectivity index (χ4v) is 6.01. The molecule has 0 saturated carbocycles. The number of imide groups is 1. The first-order valence-corrected chi connectivity index (χ1v) is 12.4. The van der Waals surface area contributed by atoms with Crippen LogP contribution in [0.15, 0.2) is 0 Å². The van der Waals surface area contributed by atoms with Crippen LogP contribution in [0.4, 0.5) is 9.80 Å². The first-order valence-electron chi connectivity index (χ1n) is 11.6. The largest absolute Gasteiger partial charge is 0.389 e. The van der Waals surface area contributed by atoms with Crippen LogP contribution in [0, 0.1) is 23.2 Å². The maximum absolute atomic E-state index is 13.4. The number of hydrogen-bond donors (Lipinski definition) is 3. The van der Waals surface area contributed by atoms with E-state index in [0.717, 1.165) is 50.8 Å². The van der Waals surface area contributed by atoms with Crippen molar-refractivity contribution in [1.29, 1.82) is 5.26 Å². The van der Waals surface area contributed by atoms with Gasteiger partial charge in [-0.15, -0.1) is 11.3 Å². The lowest BCUT2D eigenvalue weighted by Crippen LogP contribution is -2.52. The van der Waals surface area contributed by atoms with E-state index in [1.54, 1.807) is 0 Å². The monoisotopic (exact) mass is 460 g/mol. The molecule has 8 nitrogen and oxygen atoms in total. The van der Waals surface area contributed by atoms with E-state index in [1.807, 2.05) is 14.0 Å². The molecule has 2 unspecified atom stereocenters. The lowest BCUT2D eigenvalue weighted by molar-refractivity contribution is -0.132. The number of nitriles is 1. The zero-order valence-electron chi connectivity index (χ0n) is 19.4. The number of nitrogen functional groups attached to an aromatic ring is 1. The second-order valence-corrected chi connectivity index (χ2v) is 10.2. The standard InChI is InChI=1S/C23H36N6O2S/c1-4-29(23(31)27-17-7-9-28(3)10-8-17)22(30)16(14-26-2)11-15-5-6-20-18(12-15)19(13-24)21(25)32-20/h15-17,26H,4-12,14,25H2,1-3H3,(H,27,31). The van der Waals surface area contributed by atoms with Crippen molar-refractivity contribution in [2.24, 2.45) is 11.8 Å². The van der Waals surface area contributed by atoms with Crippen molar-refractivity contribution in [1.82, 2.24) is 20.4 Å². The molecule has 1 aromatic heterocycles. The van der Waals surface area contributed by atoms with E-state index in [2.05, 4.69) is 28.7 Å². The SMILES string of the molecule is CCN(C(=O)NC1CCN(C)CC1)C(=O)C(CNC)CC1CCc2sc(N)c(C#N)c2C1. The van der Waals surface area contributed by atoms with Gasteiger partial charge in [-0.05, 0) is 84.1 Å². The lowest BCUT2D eigenvalue weighted by Gasteiger charge is -2.33. The van der Waals surface area contributed by atoms with E-state index in [-0.39, 0.29) is 23.9 Å². The minimum absolute atomic E-state index is 0.119. The van der Waals surface area contributed by atoms with Gasteiger partial charge in [0.25, 0.3) is 0 Å². The summed E-state index contributed by atoms with van der Waals surface area (Å²) >= 11 is 1.52. The maximum Gasteiger partial charge on any atom is 0.324 e. The highest BCUT2D eigenvalue weighted by atomic mass is 32.1. The summed E-state index contributed by atoms with van der Waals surface area (Å²) in [5.41, 5.74) is 7.70. The topological polar surface area (TPSA) is 114 Å². The Morgan fingerprint density at radius 3 is 2.69 bits per heavy atom. The molecule has 1 saturated heterocycles. The smallest absolute Gasteiger partial charge is 0.324 e. The number of amides is 3. The highest BCUT2D eigenvalue weighted by molar-refractivity contribution is 7.16. The quantitative estimate of drug-likeness (QED) is 0.575. The van der Waals surface area contributed by atoms with Gasteiger partial charge >= 0.3 is 6.03 Å². The first kappa shape index (κ1) is 24.5. The molecule has 2 aliphatic rings. The molecule has 1 aliphatic heterocycles. The predicted octanol–water partition coefficient (Wildman–Crippen LogP) is 2.18. The second-order valence-electron chi connectivity index (χ2n) is 9.06. The third kappa shape index (κ3) is 5.61. The Bertz CT molecular complexity index is 855. The van der Waals surface area contributed by atoms with Crippen LogP contribution in [-0.2, 0) is 17.6 Å². The van der Waals surface area contributed by atoms with Crippen LogP contribution >= 0.6 is 11.3 Å². The number of nitrogens with zero attached hydrogens (tertiary/aromatic N) is 3. The van der Waals surface area contributed by atoms with Gasteiger partial charge in [0, 0.05) is 24.0 Å². The van der Waals surface area contributed by atoms with Gasteiger partial charge < -0.3 is 21.3 Å². The van der Waals surface area contributed by atoms with E-state index >= 15 is 0 Å². The summed E-state index contributed by atoms with van der Waals surface area (Å²) in [5, 5.41) is 16.3. The Morgan fingerprint density at radius 2 is 2.06 bits per heavy atom. The Kier molecular flexibility index (Phi) is 8.51. The number of carbonyl (C=O) groups excluding carboxylic acids is 2. The number of aryl methyl sites for hydroxylation is 1. The lowest BCUT2D eigenvalue weighted by atomic mass is 9.80. The minimum Gasteiger partial charge on any atom is -0.389 e. The molecule has 1 fully saturated rings. The molecule has 0 aromatic carbocycles. The maximum atomic E-state index is 13.4. The normalized spacial score (nSPS) is 20.2. The van der Waals surface area contributed by atoms with Crippen LogP contribution in [0.2, 0.25) is 0 Å². The predicted molar refractivity (Wildman–Crippen MR) is 127 cm³/mol. The third-order valence-electron chi connectivity index (χ3n) is 6.79. The van der Waals surface area contributed by atoms with Crippen molar-refractivity contribution >= 4 is 28.3 Å². The summed E-state index contributed by atoms with van der Waals surface area (Å²) in [6, 6.07) is 2.09. The molecule has 176 valence electrons. The van der Waals surface area contributed by atoms with Crippen molar-refractivity contribution < 1.29 is 9.59 Å². The van der Waals surface area contributed by atoms with Gasteiger partial charge in [-0.25, -0.2) is 4.79 Å². The van der Waals surface area contributed by atoms with Gasteiger partial charge in [-0.3, -0.25) is 9.69 Å². The summed E-state index contributed by atoms with van der Waals surface area (Å²) < 4.78 is 0. The van der Waals surface area contributed by atoms with Gasteiger partial charge in [-0.2, -0.15) is 5.26 Å². The molecular formula is C23H36N6O2S. The fourth-order valence-electron chi connectivity index (χ4n) is 4.95. The summed E-state index contributed by atoms with van der Waals surface area (Å²) in [7, 11) is 3.92. The van der Waals surface area contributed by atoms with E-state index in [9.17, 15) is 14.9 Å². The molecule has 0 bridgehead atoms. The molecule has 2 heterocycles. The number of rotatable bonds is 7. The van der Waals surface area contributed by atoms with E-state index in [4.69, 9.17) is 5.73 Å². The van der Waals surface area contributed by atoms with E-state index in [1.165, 1.54) is 21.1 Å². The van der Waals surface area contributed by atoms with E-state index in [0.29, 0.717) is 36.0 Å². The number of nitrogens with two attached hydrogens (primary N) is 1. The number of fused-ring (bicyclic) bond motifs is 1. The molecule has 2 atom stereocenters. The van der Waals surface area contributed by atoms with Crippen molar-refractivity contribution in [3.8, 4) is 6.07 Å². The molecule has 0 radical (unpaired) electrons. The average molecular weight is 461 g/mol. The zero-order chi connectivity index (χ0) is 23.3. The van der Waals surface area contributed by atoms with Crippen molar-refractivity contribution in [2.45, 2.75) is 51.5 Å². The number of thiophene rings is 1. The van der Waals surface area contributed by atoms with Crippen molar-refractivity contribution in [3.63, 3.8) is 0 Å². The van der Waals surface area contributed by atoms with Crippen LogP contribution in [0.5, 0.6) is 0 Å². The molecule has 32 heavy (non-hydrogen) atoms. The molecule has 4 N–H and O–H groups in total. The summed E-state index contributed by atoms with van der Waals surface area (Å²) in [6.45, 7) is 4.63. The highest BCUT2D eigenvalue weighted by Gasteiger charge is 2.33. The van der Waals surface area contributed by atoms with Crippen LogP contribution in [0.25, 0.3) is 0 Å². The van der Waals surface area contributed by atoms with Crippen LogP contribution < -0.4 is 16.4 Å². The highest BCUT2D eigenvalue weighted by Crippen LogP contribution is 2.39. The molecule has 3 rings (SSSR count). The summed E-state index contributed by atoms with van der Waals surface area (Å²) in [4.78, 5) is 31.2. The second kappa shape index (κ2) is 11.1. The number of anilines is 1. The molecule has 1 aliphatic carbocycles. The Labute approximate surface area is 195 Å². The minimum atomic E-state index is -0.281. The molecule has 9 heteroatoms. The first-order chi connectivity index (χ1) is 15.4. The fraction of sp³-hybridized carbons (Fsp3) is 0.696. The van der Waals surface area contributed by atoms with Crippen molar-refractivity contribution in [3.05, 3.63) is 16.0 Å². The molecular weight excluding hydrogens is 424 g/mol. The number of likely N-dealkylation sites (tertiary alicyclic amines) is 1. The Hall–Kier alpha value is -2.15. The van der Waals surface area contributed by atoms with Gasteiger partial charge in [0.05, 0.1) is 11.5 Å². The van der Waals surface area contributed by atoms with Crippen molar-refractivity contribution in [2.75, 3.05) is 46.0 Å². The zero-order valence-corrected chi connectivity index (χ0v) is 20.3. The molecule has 3 amide bonds. The molecule has 1 aromatic rings. The number of nitrogens with one attached hydrogen (secondary N) is 2.